The van der Waals surface area contributed by atoms with E-state index in [1.54, 1.807) is 24.3 Å². The van der Waals surface area contributed by atoms with Crippen LogP contribution in [0.4, 0.5) is 0 Å². The van der Waals surface area contributed by atoms with E-state index in [0.717, 1.165) is 26.2 Å². The predicted octanol–water partition coefficient (Wildman–Crippen LogP) is -1.38. The number of amides is 1. The number of hydrogen-bond acceptors (Lipinski definition) is 3. The van der Waals surface area contributed by atoms with Gasteiger partial charge in [-0.05, 0) is 0 Å². The normalized spacial score (nSPS) is 16.4. The van der Waals surface area contributed by atoms with E-state index in [0.29, 0.717) is 0 Å². The van der Waals surface area contributed by atoms with E-state index in [9.17, 15) is 9.59 Å². The Morgan fingerprint density at radius 1 is 1.38 bits per heavy atom. The Bertz CT molecular complexity index is 428. The maximum absolute atomic E-state index is 11.9. The second-order valence-corrected chi connectivity index (χ2v) is 3.95. The van der Waals surface area contributed by atoms with Crippen LogP contribution in [0, 0.1) is 0 Å². The van der Waals surface area contributed by atoms with Crippen molar-refractivity contribution in [2.45, 2.75) is 6.54 Å². The van der Waals surface area contributed by atoms with Gasteiger partial charge in [0, 0.05) is 45.6 Å². The second-order valence-electron chi connectivity index (χ2n) is 3.95. The third-order valence-corrected chi connectivity index (χ3v) is 2.79. The fourth-order valence-electron chi connectivity index (χ4n) is 1.79. The topological polar surface area (TPSA) is 59.3 Å². The molecule has 0 unspecified atom stereocenters. The summed E-state index contributed by atoms with van der Waals surface area (Å²) in [7, 11) is 1.67. The van der Waals surface area contributed by atoms with Crippen molar-refractivity contribution in [1.29, 1.82) is 0 Å². The van der Waals surface area contributed by atoms with Gasteiger partial charge in [-0.2, -0.15) is 0 Å². The van der Waals surface area contributed by atoms with Gasteiger partial charge in [0.15, 0.2) is 0 Å². The Balaban J connectivity index is 2.01. The molecule has 1 aliphatic heterocycles. The van der Waals surface area contributed by atoms with E-state index in [2.05, 4.69) is 5.32 Å². The Morgan fingerprint density at radius 2 is 2.06 bits per heavy atom. The van der Waals surface area contributed by atoms with Crippen LogP contribution in [0.25, 0.3) is 0 Å². The summed E-state index contributed by atoms with van der Waals surface area (Å²) in [4.78, 5) is 25.2. The Kier molecular flexibility index (Phi) is 3.09. The monoisotopic (exact) mass is 224 g/mol. The van der Waals surface area contributed by atoms with Crippen molar-refractivity contribution >= 4 is 5.91 Å². The molecule has 0 saturated carbocycles. The minimum Gasteiger partial charge on any atom is -0.339 e. The van der Waals surface area contributed by atoms with Gasteiger partial charge in [0.25, 0.3) is 0 Å². The molecule has 0 atom stereocenters. The lowest BCUT2D eigenvalue weighted by molar-refractivity contribution is -0.132. The molecule has 1 fully saturated rings. The van der Waals surface area contributed by atoms with Gasteiger partial charge in [-0.1, -0.05) is 0 Å². The molecule has 2 rings (SSSR count). The number of carbonyl (C=O) groups excluding carboxylic acids is 1. The molecule has 0 aromatic carbocycles. The zero-order valence-electron chi connectivity index (χ0n) is 9.35. The van der Waals surface area contributed by atoms with Crippen molar-refractivity contribution in [3.63, 3.8) is 0 Å². The van der Waals surface area contributed by atoms with Crippen molar-refractivity contribution in [2.24, 2.45) is 7.05 Å². The van der Waals surface area contributed by atoms with Crippen LogP contribution >= 0.6 is 0 Å². The first-order valence-electron chi connectivity index (χ1n) is 5.39. The summed E-state index contributed by atoms with van der Waals surface area (Å²) < 4.78 is 2.90. The standard InChI is InChI=1S/C10H16N4O2/c1-12-6-7-14(10(12)16)8-9(15)13-4-2-11-3-5-13/h6-7,11H,2-5,8H2,1H3. The maximum atomic E-state index is 11.9. The first-order valence-corrected chi connectivity index (χ1v) is 5.39. The highest BCUT2D eigenvalue weighted by Crippen LogP contribution is 1.95. The third-order valence-electron chi connectivity index (χ3n) is 2.79. The zero-order chi connectivity index (χ0) is 11.5. The number of aromatic nitrogens is 2. The molecule has 0 radical (unpaired) electrons. The van der Waals surface area contributed by atoms with E-state index >= 15 is 0 Å². The number of nitrogens with one attached hydrogen (secondary N) is 1. The van der Waals surface area contributed by atoms with Gasteiger partial charge in [-0.25, -0.2) is 4.79 Å². The van der Waals surface area contributed by atoms with Crippen molar-refractivity contribution in [3.05, 3.63) is 22.9 Å². The number of hydrogen-bond donors (Lipinski definition) is 1. The summed E-state index contributed by atoms with van der Waals surface area (Å²) in [6.45, 7) is 3.24. The van der Waals surface area contributed by atoms with Crippen LogP contribution in [0.1, 0.15) is 0 Å². The molecule has 6 heteroatoms. The van der Waals surface area contributed by atoms with Crippen LogP contribution in [0.15, 0.2) is 17.2 Å². The second kappa shape index (κ2) is 4.52. The first kappa shape index (κ1) is 10.9. The summed E-state index contributed by atoms with van der Waals surface area (Å²) in [6.07, 6.45) is 3.30. The zero-order valence-corrected chi connectivity index (χ0v) is 9.35. The van der Waals surface area contributed by atoms with E-state index in [1.807, 2.05) is 0 Å². The Hall–Kier alpha value is -1.56. The average molecular weight is 224 g/mol. The van der Waals surface area contributed by atoms with Gasteiger partial charge in [0.05, 0.1) is 0 Å². The number of aryl methyl sites for hydroxylation is 1. The van der Waals surface area contributed by atoms with Crippen molar-refractivity contribution in [1.82, 2.24) is 19.4 Å². The molecule has 1 amide bonds. The highest BCUT2D eigenvalue weighted by Gasteiger charge is 2.16. The summed E-state index contributed by atoms with van der Waals surface area (Å²) in [5, 5.41) is 3.18. The number of imidazole rings is 1. The van der Waals surface area contributed by atoms with Gasteiger partial charge < -0.3 is 14.8 Å². The van der Waals surface area contributed by atoms with Crippen molar-refractivity contribution in [2.75, 3.05) is 26.2 Å². The van der Waals surface area contributed by atoms with Crippen LogP contribution in [-0.2, 0) is 18.4 Å². The SMILES string of the molecule is Cn1ccn(CC(=O)N2CCNCC2)c1=O. The molecule has 0 spiro atoms. The molecule has 6 nitrogen and oxygen atoms in total. The van der Waals surface area contributed by atoms with Crippen molar-refractivity contribution in [3.8, 4) is 0 Å². The van der Waals surface area contributed by atoms with E-state index < -0.39 is 0 Å². The lowest BCUT2D eigenvalue weighted by atomic mass is 10.3. The van der Waals surface area contributed by atoms with Gasteiger partial charge in [0.2, 0.25) is 5.91 Å². The highest BCUT2D eigenvalue weighted by molar-refractivity contribution is 5.76. The first-order chi connectivity index (χ1) is 7.68. The maximum Gasteiger partial charge on any atom is 0.328 e. The lowest BCUT2D eigenvalue weighted by Crippen LogP contribution is -2.48. The van der Waals surface area contributed by atoms with Gasteiger partial charge >= 0.3 is 5.69 Å². The molecule has 1 aliphatic rings. The molecule has 88 valence electrons. The lowest BCUT2D eigenvalue weighted by Gasteiger charge is -2.27. The van der Waals surface area contributed by atoms with Gasteiger partial charge in [-0.15, -0.1) is 0 Å². The minimum absolute atomic E-state index is 0.00907. The van der Waals surface area contributed by atoms with E-state index in [-0.39, 0.29) is 18.1 Å². The fraction of sp³-hybridized carbons (Fsp3) is 0.600. The summed E-state index contributed by atoms with van der Waals surface area (Å²) in [5.74, 6) is 0.00907. The molecule has 0 aliphatic carbocycles. The van der Waals surface area contributed by atoms with Gasteiger partial charge in [-0.3, -0.25) is 9.36 Å². The number of carbonyl (C=O) groups is 1. The highest BCUT2D eigenvalue weighted by atomic mass is 16.2. The van der Waals surface area contributed by atoms with E-state index in [4.69, 9.17) is 0 Å². The molecule has 16 heavy (non-hydrogen) atoms. The molecule has 2 heterocycles. The van der Waals surface area contributed by atoms with Crippen LogP contribution < -0.4 is 11.0 Å². The predicted molar refractivity (Wildman–Crippen MR) is 59.1 cm³/mol. The summed E-state index contributed by atoms with van der Waals surface area (Å²) >= 11 is 0. The number of rotatable bonds is 2. The number of piperazine rings is 1. The Morgan fingerprint density at radius 3 is 2.62 bits per heavy atom. The molecular weight excluding hydrogens is 208 g/mol. The molecular formula is C10H16N4O2. The number of nitrogens with zero attached hydrogens (tertiary/aromatic N) is 3. The molecule has 1 saturated heterocycles. The molecule has 1 aromatic rings. The van der Waals surface area contributed by atoms with Crippen LogP contribution in [-0.4, -0.2) is 46.1 Å². The average Bonchev–Trinajstić information content (AvgIpc) is 2.62. The summed E-state index contributed by atoms with van der Waals surface area (Å²) in [6, 6.07) is 0. The van der Waals surface area contributed by atoms with Crippen molar-refractivity contribution < 1.29 is 4.79 Å². The van der Waals surface area contributed by atoms with E-state index in [1.165, 1.54) is 9.13 Å². The Labute approximate surface area is 93.5 Å². The minimum atomic E-state index is -0.150. The fourth-order valence-corrected chi connectivity index (χ4v) is 1.79. The smallest absolute Gasteiger partial charge is 0.328 e. The van der Waals surface area contributed by atoms with Crippen LogP contribution in [0.2, 0.25) is 0 Å². The quantitative estimate of drug-likeness (QED) is 0.673. The molecule has 1 aromatic heterocycles. The van der Waals surface area contributed by atoms with Gasteiger partial charge in [0.1, 0.15) is 6.54 Å². The molecule has 1 N–H and O–H groups in total. The van der Waals surface area contributed by atoms with Crippen LogP contribution in [0.3, 0.4) is 0 Å². The van der Waals surface area contributed by atoms with Crippen LogP contribution in [0.5, 0.6) is 0 Å². The third kappa shape index (κ3) is 2.16. The largest absolute Gasteiger partial charge is 0.339 e. The molecule has 0 bridgehead atoms. The summed E-state index contributed by atoms with van der Waals surface area (Å²) in [5.41, 5.74) is -0.150.